The van der Waals surface area contributed by atoms with Gasteiger partial charge in [-0.15, -0.1) is 0 Å². The van der Waals surface area contributed by atoms with Gasteiger partial charge in [0, 0.05) is 19.0 Å². The maximum Gasteiger partial charge on any atom is 0.267 e. The van der Waals surface area contributed by atoms with Crippen molar-refractivity contribution >= 4 is 29.1 Å². The number of rotatable bonds is 7. The van der Waals surface area contributed by atoms with Gasteiger partial charge < -0.3 is 30.2 Å². The molecule has 3 rings (SSSR count). The number of amides is 3. The number of para-hydroxylation sites is 2. The topological polar surface area (TPSA) is 120 Å². The highest BCUT2D eigenvalue weighted by Crippen LogP contribution is 2.35. The van der Waals surface area contributed by atoms with Crippen molar-refractivity contribution in [3.8, 4) is 17.2 Å². The van der Waals surface area contributed by atoms with E-state index in [-0.39, 0.29) is 30.1 Å². The Morgan fingerprint density at radius 1 is 1.17 bits per heavy atom. The second kappa shape index (κ2) is 8.73. The SMILES string of the molecule is COc1cc(NC(=O)CCN2C(=O)C(C)Oc3ccccc32)c(C(N)=O)cc1OC. The molecule has 3 amide bonds. The Hall–Kier alpha value is -3.75. The van der Waals surface area contributed by atoms with Crippen molar-refractivity contribution in [3.63, 3.8) is 0 Å². The predicted molar refractivity (Wildman–Crippen MR) is 110 cm³/mol. The smallest absolute Gasteiger partial charge is 0.267 e. The Morgan fingerprint density at radius 3 is 2.50 bits per heavy atom. The van der Waals surface area contributed by atoms with E-state index in [1.165, 1.54) is 31.3 Å². The summed E-state index contributed by atoms with van der Waals surface area (Å²) >= 11 is 0. The van der Waals surface area contributed by atoms with Gasteiger partial charge in [-0.1, -0.05) is 12.1 Å². The lowest BCUT2D eigenvalue weighted by Crippen LogP contribution is -2.45. The third-order valence-corrected chi connectivity index (χ3v) is 4.70. The number of nitrogens with two attached hydrogens (primary N) is 1. The number of nitrogens with one attached hydrogen (secondary N) is 1. The summed E-state index contributed by atoms with van der Waals surface area (Å²) in [6.07, 6.45) is -0.644. The van der Waals surface area contributed by atoms with E-state index in [0.29, 0.717) is 22.9 Å². The number of carbonyl (C=O) groups excluding carboxylic acids is 3. The molecule has 1 atom stereocenters. The van der Waals surface area contributed by atoms with Gasteiger partial charge in [0.25, 0.3) is 11.8 Å². The Bertz CT molecular complexity index is 991. The van der Waals surface area contributed by atoms with E-state index in [0.717, 1.165) is 0 Å². The number of ether oxygens (including phenoxy) is 3. The molecule has 0 fully saturated rings. The molecule has 2 aromatic rings. The number of hydrogen-bond acceptors (Lipinski definition) is 6. The molecule has 0 saturated heterocycles. The van der Waals surface area contributed by atoms with Crippen molar-refractivity contribution in [2.45, 2.75) is 19.4 Å². The zero-order chi connectivity index (χ0) is 21.8. The number of benzene rings is 2. The minimum Gasteiger partial charge on any atom is -0.493 e. The monoisotopic (exact) mass is 413 g/mol. The predicted octanol–water partition coefficient (Wildman–Crippen LogP) is 1.95. The number of fused-ring (bicyclic) bond motifs is 1. The third-order valence-electron chi connectivity index (χ3n) is 4.70. The molecule has 0 bridgehead atoms. The van der Waals surface area contributed by atoms with Crippen molar-refractivity contribution in [3.05, 3.63) is 42.0 Å². The molecule has 30 heavy (non-hydrogen) atoms. The van der Waals surface area contributed by atoms with E-state index >= 15 is 0 Å². The molecule has 9 heteroatoms. The fourth-order valence-electron chi connectivity index (χ4n) is 3.20. The molecule has 158 valence electrons. The lowest BCUT2D eigenvalue weighted by Gasteiger charge is -2.32. The Labute approximate surface area is 173 Å². The van der Waals surface area contributed by atoms with Crippen LogP contribution in [0.1, 0.15) is 23.7 Å². The van der Waals surface area contributed by atoms with Gasteiger partial charge >= 0.3 is 0 Å². The Balaban J connectivity index is 1.77. The van der Waals surface area contributed by atoms with Crippen molar-refractivity contribution in [2.24, 2.45) is 5.73 Å². The van der Waals surface area contributed by atoms with Gasteiger partial charge in [-0.05, 0) is 25.1 Å². The van der Waals surface area contributed by atoms with E-state index < -0.39 is 17.9 Å². The van der Waals surface area contributed by atoms with Gasteiger partial charge in [-0.3, -0.25) is 14.4 Å². The summed E-state index contributed by atoms with van der Waals surface area (Å²) in [5.74, 6) is -0.115. The molecular formula is C21H23N3O6. The van der Waals surface area contributed by atoms with Gasteiger partial charge in [-0.2, -0.15) is 0 Å². The standard InChI is InChI=1S/C21H23N3O6/c1-12-21(27)24(15-6-4-5-7-16(15)30-12)9-8-19(25)23-14-11-18(29-3)17(28-2)10-13(14)20(22)26/h4-7,10-12H,8-9H2,1-3H3,(H2,22,26)(H,23,25). The van der Waals surface area contributed by atoms with E-state index in [1.807, 2.05) is 6.07 Å². The van der Waals surface area contributed by atoms with Crippen LogP contribution in [0.5, 0.6) is 17.2 Å². The van der Waals surface area contributed by atoms with Crippen LogP contribution in [0.2, 0.25) is 0 Å². The quantitative estimate of drug-likeness (QED) is 0.716. The van der Waals surface area contributed by atoms with Gasteiger partial charge in [0.05, 0.1) is 31.2 Å². The van der Waals surface area contributed by atoms with Crippen molar-refractivity contribution in [1.29, 1.82) is 0 Å². The van der Waals surface area contributed by atoms with Crippen LogP contribution in [-0.2, 0) is 9.59 Å². The van der Waals surface area contributed by atoms with Crippen molar-refractivity contribution in [2.75, 3.05) is 31.0 Å². The number of primary amides is 1. The van der Waals surface area contributed by atoms with Crippen LogP contribution in [0.15, 0.2) is 36.4 Å². The minimum absolute atomic E-state index is 0.000654. The van der Waals surface area contributed by atoms with Crippen molar-refractivity contribution < 1.29 is 28.6 Å². The van der Waals surface area contributed by atoms with E-state index in [9.17, 15) is 14.4 Å². The summed E-state index contributed by atoms with van der Waals surface area (Å²) in [6, 6.07) is 10.0. The highest BCUT2D eigenvalue weighted by atomic mass is 16.5. The number of methoxy groups -OCH3 is 2. The van der Waals surface area contributed by atoms with Gasteiger partial charge in [0.15, 0.2) is 17.6 Å². The molecule has 0 saturated carbocycles. The molecule has 9 nitrogen and oxygen atoms in total. The van der Waals surface area contributed by atoms with E-state index in [4.69, 9.17) is 19.9 Å². The summed E-state index contributed by atoms with van der Waals surface area (Å²) < 4.78 is 16.0. The Kier molecular flexibility index (Phi) is 6.10. The highest BCUT2D eigenvalue weighted by molar-refractivity contribution is 6.04. The Morgan fingerprint density at radius 2 is 1.83 bits per heavy atom. The first-order chi connectivity index (χ1) is 14.3. The van der Waals surface area contributed by atoms with Gasteiger partial charge in [-0.25, -0.2) is 0 Å². The van der Waals surface area contributed by atoms with Crippen LogP contribution in [0.25, 0.3) is 0 Å². The zero-order valence-electron chi connectivity index (χ0n) is 16.9. The molecule has 0 aromatic heterocycles. The normalized spacial score (nSPS) is 15.1. The molecule has 0 radical (unpaired) electrons. The second-order valence-electron chi connectivity index (χ2n) is 6.63. The van der Waals surface area contributed by atoms with Crippen LogP contribution in [0.3, 0.4) is 0 Å². The average molecular weight is 413 g/mol. The second-order valence-corrected chi connectivity index (χ2v) is 6.63. The molecule has 3 N–H and O–H groups in total. The molecular weight excluding hydrogens is 390 g/mol. The first-order valence-corrected chi connectivity index (χ1v) is 9.28. The third kappa shape index (κ3) is 4.14. The average Bonchev–Trinajstić information content (AvgIpc) is 2.73. The summed E-state index contributed by atoms with van der Waals surface area (Å²) in [5.41, 5.74) is 6.32. The summed E-state index contributed by atoms with van der Waals surface area (Å²) in [4.78, 5) is 38.4. The molecule has 0 aliphatic carbocycles. The number of anilines is 2. The van der Waals surface area contributed by atoms with Gasteiger partial charge in [0.2, 0.25) is 5.91 Å². The highest BCUT2D eigenvalue weighted by Gasteiger charge is 2.31. The van der Waals surface area contributed by atoms with Crippen LogP contribution >= 0.6 is 0 Å². The molecule has 1 unspecified atom stereocenters. The molecule has 2 aromatic carbocycles. The fourth-order valence-corrected chi connectivity index (χ4v) is 3.20. The zero-order valence-corrected chi connectivity index (χ0v) is 16.9. The van der Waals surface area contributed by atoms with Crippen LogP contribution in [0.4, 0.5) is 11.4 Å². The first kappa shape index (κ1) is 21.0. The van der Waals surface area contributed by atoms with Crippen molar-refractivity contribution in [1.82, 2.24) is 0 Å². The fraction of sp³-hybridized carbons (Fsp3) is 0.286. The maximum absolute atomic E-state index is 12.6. The minimum atomic E-state index is -0.725. The van der Waals surface area contributed by atoms with E-state index in [1.54, 1.807) is 25.1 Å². The molecule has 1 aliphatic rings. The van der Waals surface area contributed by atoms with Crippen LogP contribution < -0.4 is 30.2 Å². The molecule has 0 spiro atoms. The maximum atomic E-state index is 12.6. The van der Waals surface area contributed by atoms with Gasteiger partial charge in [0.1, 0.15) is 5.75 Å². The lowest BCUT2D eigenvalue weighted by atomic mass is 10.1. The number of nitrogens with zero attached hydrogens (tertiary/aromatic N) is 1. The first-order valence-electron chi connectivity index (χ1n) is 9.28. The molecule has 1 aliphatic heterocycles. The van der Waals surface area contributed by atoms with Crippen LogP contribution in [-0.4, -0.2) is 44.6 Å². The lowest BCUT2D eigenvalue weighted by molar-refractivity contribution is -0.125. The largest absolute Gasteiger partial charge is 0.493 e. The summed E-state index contributed by atoms with van der Waals surface area (Å²) in [5, 5.41) is 2.66. The van der Waals surface area contributed by atoms with E-state index in [2.05, 4.69) is 5.32 Å². The summed E-state index contributed by atoms with van der Waals surface area (Å²) in [6.45, 7) is 1.81. The summed E-state index contributed by atoms with van der Waals surface area (Å²) in [7, 11) is 2.87. The molecule has 1 heterocycles. The number of carbonyl (C=O) groups is 3. The van der Waals surface area contributed by atoms with Crippen LogP contribution in [0, 0.1) is 0 Å². The number of hydrogen-bond donors (Lipinski definition) is 2.